The van der Waals surface area contributed by atoms with Crippen LogP contribution in [0.2, 0.25) is 0 Å². The van der Waals surface area contributed by atoms with Crippen LogP contribution in [0.5, 0.6) is 0 Å². The van der Waals surface area contributed by atoms with Gasteiger partial charge in [0.05, 0.1) is 11.5 Å². The van der Waals surface area contributed by atoms with E-state index in [2.05, 4.69) is 11.9 Å². The predicted octanol–water partition coefficient (Wildman–Crippen LogP) is 4.07. The van der Waals surface area contributed by atoms with Gasteiger partial charge < -0.3 is 10.2 Å². The van der Waals surface area contributed by atoms with Crippen LogP contribution in [0, 0.1) is 5.92 Å². The Hall–Kier alpha value is -3.09. The summed E-state index contributed by atoms with van der Waals surface area (Å²) < 4.78 is 38.7. The normalized spacial score (nSPS) is 19.3. The van der Waals surface area contributed by atoms with Crippen LogP contribution in [0.15, 0.2) is 67.3 Å². The molecule has 2 aromatic carbocycles. The van der Waals surface area contributed by atoms with Crippen LogP contribution >= 0.6 is 0 Å². The lowest BCUT2D eigenvalue weighted by atomic mass is 9.88. The summed E-state index contributed by atoms with van der Waals surface area (Å²) in [5.74, 6) is -1.54. The molecule has 1 saturated heterocycles. The van der Waals surface area contributed by atoms with Gasteiger partial charge in [0, 0.05) is 24.7 Å². The quantitative estimate of drug-likeness (QED) is 0.803. The van der Waals surface area contributed by atoms with Crippen molar-refractivity contribution in [1.82, 2.24) is 4.90 Å². The summed E-state index contributed by atoms with van der Waals surface area (Å²) in [7, 11) is 0. The first-order valence-corrected chi connectivity index (χ1v) is 8.74. The zero-order valence-electron chi connectivity index (χ0n) is 14.9. The van der Waals surface area contributed by atoms with Crippen LogP contribution in [-0.4, -0.2) is 29.8 Å². The number of nitrogens with one attached hydrogen (secondary N) is 1. The molecule has 1 aliphatic heterocycles. The van der Waals surface area contributed by atoms with E-state index in [1.807, 2.05) is 30.3 Å². The maximum absolute atomic E-state index is 12.9. The number of benzene rings is 2. The number of halogens is 3. The molecule has 0 saturated carbocycles. The standard InChI is InChI=1S/C21H19F3N2O2/c1-2-19(27)26-12-17(14-7-4-3-5-8-14)18(13-26)20(28)25-16-10-6-9-15(11-16)21(22,23)24/h2-11,17-18H,1,12-13H2,(H,25,28)/t17-,18+/m0/s1. The topological polar surface area (TPSA) is 49.4 Å². The molecule has 3 rings (SSSR count). The van der Waals surface area contributed by atoms with Crippen molar-refractivity contribution in [2.75, 3.05) is 18.4 Å². The Bertz CT molecular complexity index is 881. The Balaban J connectivity index is 1.83. The van der Waals surface area contributed by atoms with Gasteiger partial charge in [-0.2, -0.15) is 13.2 Å². The number of hydrogen-bond acceptors (Lipinski definition) is 2. The van der Waals surface area contributed by atoms with Gasteiger partial charge in [0.1, 0.15) is 0 Å². The lowest BCUT2D eigenvalue weighted by Gasteiger charge is -2.18. The maximum atomic E-state index is 12.9. The molecule has 0 radical (unpaired) electrons. The predicted molar refractivity (Wildman–Crippen MR) is 99.5 cm³/mol. The van der Waals surface area contributed by atoms with Crippen molar-refractivity contribution < 1.29 is 22.8 Å². The Morgan fingerprint density at radius 1 is 1.07 bits per heavy atom. The largest absolute Gasteiger partial charge is 0.416 e. The summed E-state index contributed by atoms with van der Waals surface area (Å²) in [6.45, 7) is 3.99. The molecule has 0 aromatic heterocycles. The molecule has 0 spiro atoms. The van der Waals surface area contributed by atoms with Gasteiger partial charge in [0.25, 0.3) is 0 Å². The average molecular weight is 388 g/mol. The third kappa shape index (κ3) is 4.24. The number of amides is 2. The third-order valence-corrected chi connectivity index (χ3v) is 4.83. The summed E-state index contributed by atoms with van der Waals surface area (Å²) in [6.07, 6.45) is -3.30. The van der Waals surface area contributed by atoms with Crippen LogP contribution < -0.4 is 5.32 Å². The molecule has 0 unspecified atom stereocenters. The SMILES string of the molecule is C=CC(=O)N1C[C@@H](C(=O)Nc2cccc(C(F)(F)F)c2)[C@H](c2ccccc2)C1. The molecular weight excluding hydrogens is 369 g/mol. The van der Waals surface area contributed by atoms with Crippen molar-refractivity contribution in [1.29, 1.82) is 0 Å². The van der Waals surface area contributed by atoms with Gasteiger partial charge in [0.2, 0.25) is 11.8 Å². The number of likely N-dealkylation sites (tertiary alicyclic amines) is 1. The van der Waals surface area contributed by atoms with Gasteiger partial charge in [0.15, 0.2) is 0 Å². The van der Waals surface area contributed by atoms with Crippen molar-refractivity contribution in [3.05, 3.63) is 78.4 Å². The fourth-order valence-electron chi connectivity index (χ4n) is 3.42. The first kappa shape index (κ1) is 19.7. The first-order chi connectivity index (χ1) is 13.3. The highest BCUT2D eigenvalue weighted by atomic mass is 19.4. The highest BCUT2D eigenvalue weighted by Crippen LogP contribution is 2.35. The molecular formula is C21H19F3N2O2. The fraction of sp³-hybridized carbons (Fsp3) is 0.238. The fourth-order valence-corrected chi connectivity index (χ4v) is 3.42. The van der Waals surface area contributed by atoms with Crippen LogP contribution in [0.25, 0.3) is 0 Å². The molecule has 28 heavy (non-hydrogen) atoms. The molecule has 2 atom stereocenters. The molecule has 2 aromatic rings. The number of carbonyl (C=O) groups is 2. The highest BCUT2D eigenvalue weighted by molar-refractivity contribution is 5.95. The molecule has 1 fully saturated rings. The van der Waals surface area contributed by atoms with E-state index < -0.39 is 23.6 Å². The summed E-state index contributed by atoms with van der Waals surface area (Å²) in [5, 5.41) is 2.57. The minimum atomic E-state index is -4.49. The summed E-state index contributed by atoms with van der Waals surface area (Å²) >= 11 is 0. The van der Waals surface area contributed by atoms with Crippen LogP contribution in [0.4, 0.5) is 18.9 Å². The number of rotatable bonds is 4. The van der Waals surface area contributed by atoms with Gasteiger partial charge in [-0.3, -0.25) is 9.59 Å². The maximum Gasteiger partial charge on any atom is 0.416 e. The molecule has 1 aliphatic rings. The van der Waals surface area contributed by atoms with Gasteiger partial charge in [-0.25, -0.2) is 0 Å². The Morgan fingerprint density at radius 2 is 1.79 bits per heavy atom. The number of alkyl halides is 3. The van der Waals surface area contributed by atoms with Crippen molar-refractivity contribution in [3.63, 3.8) is 0 Å². The monoisotopic (exact) mass is 388 g/mol. The van der Waals surface area contributed by atoms with E-state index >= 15 is 0 Å². The minimum Gasteiger partial charge on any atom is -0.338 e. The Morgan fingerprint density at radius 3 is 2.43 bits per heavy atom. The van der Waals surface area contributed by atoms with E-state index in [4.69, 9.17) is 0 Å². The van der Waals surface area contributed by atoms with Crippen LogP contribution in [0.1, 0.15) is 17.0 Å². The van der Waals surface area contributed by atoms with Crippen molar-refractivity contribution >= 4 is 17.5 Å². The van der Waals surface area contributed by atoms with E-state index in [0.717, 1.165) is 17.7 Å². The minimum absolute atomic E-state index is 0.0696. The van der Waals surface area contributed by atoms with E-state index in [0.29, 0.717) is 6.54 Å². The summed E-state index contributed by atoms with van der Waals surface area (Å²) in [5.41, 5.74) is 0.131. The molecule has 1 heterocycles. The van der Waals surface area contributed by atoms with E-state index in [9.17, 15) is 22.8 Å². The smallest absolute Gasteiger partial charge is 0.338 e. The summed E-state index contributed by atoms with van der Waals surface area (Å²) in [4.78, 5) is 26.4. The molecule has 7 heteroatoms. The second-order valence-corrected chi connectivity index (χ2v) is 6.64. The van der Waals surface area contributed by atoms with Gasteiger partial charge in [-0.05, 0) is 29.8 Å². The second kappa shape index (κ2) is 7.88. The number of hydrogen-bond donors (Lipinski definition) is 1. The lowest BCUT2D eigenvalue weighted by Crippen LogP contribution is -2.30. The number of anilines is 1. The van der Waals surface area contributed by atoms with E-state index in [1.54, 1.807) is 0 Å². The van der Waals surface area contributed by atoms with Crippen molar-refractivity contribution in [2.24, 2.45) is 5.92 Å². The molecule has 0 bridgehead atoms. The molecule has 146 valence electrons. The summed E-state index contributed by atoms with van der Waals surface area (Å²) in [6, 6.07) is 13.8. The zero-order valence-corrected chi connectivity index (χ0v) is 14.9. The van der Waals surface area contributed by atoms with E-state index in [1.165, 1.54) is 23.1 Å². The molecule has 2 amide bonds. The number of nitrogens with zero attached hydrogens (tertiary/aromatic N) is 1. The lowest BCUT2D eigenvalue weighted by molar-refractivity contribution is -0.137. The molecule has 1 N–H and O–H groups in total. The highest BCUT2D eigenvalue weighted by Gasteiger charge is 2.40. The zero-order chi connectivity index (χ0) is 20.3. The third-order valence-electron chi connectivity index (χ3n) is 4.83. The van der Waals surface area contributed by atoms with E-state index in [-0.39, 0.29) is 24.1 Å². The molecule has 0 aliphatic carbocycles. The van der Waals surface area contributed by atoms with Crippen molar-refractivity contribution in [3.8, 4) is 0 Å². The first-order valence-electron chi connectivity index (χ1n) is 8.74. The molecule has 4 nitrogen and oxygen atoms in total. The van der Waals surface area contributed by atoms with Gasteiger partial charge >= 0.3 is 6.18 Å². The van der Waals surface area contributed by atoms with Crippen molar-refractivity contribution in [2.45, 2.75) is 12.1 Å². The van der Waals surface area contributed by atoms with Gasteiger partial charge in [-0.1, -0.05) is 43.0 Å². The number of carbonyl (C=O) groups excluding carboxylic acids is 2. The Labute approximate surface area is 160 Å². The van der Waals surface area contributed by atoms with Crippen LogP contribution in [0.3, 0.4) is 0 Å². The van der Waals surface area contributed by atoms with Crippen LogP contribution in [-0.2, 0) is 15.8 Å². The Kier molecular flexibility index (Phi) is 5.53. The average Bonchev–Trinajstić information content (AvgIpc) is 3.13. The second-order valence-electron chi connectivity index (χ2n) is 6.64. The van der Waals surface area contributed by atoms with Gasteiger partial charge in [-0.15, -0.1) is 0 Å².